The fourth-order valence-electron chi connectivity index (χ4n) is 1.74. The van der Waals surface area contributed by atoms with Crippen molar-refractivity contribution < 1.29 is 23.1 Å². The highest BCUT2D eigenvalue weighted by Crippen LogP contribution is 2.21. The summed E-state index contributed by atoms with van der Waals surface area (Å²) in [7, 11) is -3.53. The van der Waals surface area contributed by atoms with Crippen molar-refractivity contribution in [3.63, 3.8) is 0 Å². The second-order valence-corrected chi connectivity index (χ2v) is 8.60. The fraction of sp³-hybridized carbons (Fsp3) is 0.429. The molecule has 0 aromatic heterocycles. The lowest BCUT2D eigenvalue weighted by atomic mass is 10.0. The molecule has 22 heavy (non-hydrogen) atoms. The van der Waals surface area contributed by atoms with Crippen LogP contribution in [-0.4, -0.2) is 36.4 Å². The van der Waals surface area contributed by atoms with Crippen LogP contribution in [0.1, 0.15) is 31.9 Å². The van der Waals surface area contributed by atoms with E-state index in [9.17, 15) is 18.0 Å². The zero-order valence-electron chi connectivity index (χ0n) is 12.2. The number of rotatable bonds is 7. The molecule has 6 nitrogen and oxygen atoms in total. The molecule has 0 aliphatic heterocycles. The zero-order valence-corrected chi connectivity index (χ0v) is 14.6. The van der Waals surface area contributed by atoms with Gasteiger partial charge >= 0.3 is 5.97 Å². The third-order valence-corrected chi connectivity index (χ3v) is 5.61. The van der Waals surface area contributed by atoms with E-state index in [-0.39, 0.29) is 6.42 Å². The van der Waals surface area contributed by atoms with Gasteiger partial charge in [-0.15, -0.1) is 0 Å². The molecule has 1 unspecified atom stereocenters. The number of sulfone groups is 1. The number of carboxylic acids is 1. The summed E-state index contributed by atoms with van der Waals surface area (Å²) in [5.74, 6) is -2.45. The third-order valence-electron chi connectivity index (χ3n) is 3.02. The molecule has 8 heteroatoms. The standard InChI is InChI=1S/C14H18BrNO5S/c1-9(2)22(20,21)8-13(17)16-12(7-14(18)19)10-4-3-5-11(15)6-10/h3-6,9,12H,7-8H2,1-2H3,(H,16,17)(H,18,19). The lowest BCUT2D eigenvalue weighted by molar-refractivity contribution is -0.137. The molecule has 122 valence electrons. The van der Waals surface area contributed by atoms with Crippen molar-refractivity contribution in [1.29, 1.82) is 0 Å². The van der Waals surface area contributed by atoms with E-state index >= 15 is 0 Å². The number of carbonyl (C=O) groups excluding carboxylic acids is 1. The first-order valence-electron chi connectivity index (χ1n) is 6.60. The lowest BCUT2D eigenvalue weighted by Gasteiger charge is -2.18. The molecule has 1 aromatic carbocycles. The number of nitrogens with one attached hydrogen (secondary N) is 1. The Bertz CT molecular complexity index is 657. The summed E-state index contributed by atoms with van der Waals surface area (Å²) in [4.78, 5) is 22.9. The molecule has 0 aliphatic carbocycles. The maximum absolute atomic E-state index is 11.9. The van der Waals surface area contributed by atoms with E-state index in [2.05, 4.69) is 21.2 Å². The highest BCUT2D eigenvalue weighted by atomic mass is 79.9. The molecule has 1 aromatic rings. The molecule has 0 spiro atoms. The molecule has 0 fully saturated rings. The van der Waals surface area contributed by atoms with Crippen molar-refractivity contribution in [2.24, 2.45) is 0 Å². The zero-order chi connectivity index (χ0) is 16.9. The molecule has 1 atom stereocenters. The van der Waals surface area contributed by atoms with Crippen LogP contribution in [0.25, 0.3) is 0 Å². The first-order valence-corrected chi connectivity index (χ1v) is 9.11. The van der Waals surface area contributed by atoms with Gasteiger partial charge in [0.05, 0.1) is 17.7 Å². The molecule has 0 saturated heterocycles. The predicted octanol–water partition coefficient (Wildman–Crippen LogP) is 1.90. The van der Waals surface area contributed by atoms with Gasteiger partial charge in [-0.3, -0.25) is 9.59 Å². The Morgan fingerprint density at radius 2 is 1.95 bits per heavy atom. The Labute approximate surface area is 138 Å². The van der Waals surface area contributed by atoms with Gasteiger partial charge in [-0.05, 0) is 31.5 Å². The normalized spacial score (nSPS) is 12.9. The smallest absolute Gasteiger partial charge is 0.305 e. The van der Waals surface area contributed by atoms with Crippen LogP contribution >= 0.6 is 15.9 Å². The summed E-state index contributed by atoms with van der Waals surface area (Å²) >= 11 is 3.27. The van der Waals surface area contributed by atoms with Crippen LogP contribution in [0.2, 0.25) is 0 Å². The number of carboxylic acid groups (broad SMARTS) is 1. The van der Waals surface area contributed by atoms with Crippen molar-refractivity contribution in [2.45, 2.75) is 31.6 Å². The van der Waals surface area contributed by atoms with Gasteiger partial charge in [0.1, 0.15) is 5.75 Å². The highest BCUT2D eigenvalue weighted by Gasteiger charge is 2.24. The Balaban J connectivity index is 2.91. The van der Waals surface area contributed by atoms with Gasteiger partial charge in [0.15, 0.2) is 9.84 Å². The summed E-state index contributed by atoms with van der Waals surface area (Å²) in [5, 5.41) is 10.8. The van der Waals surface area contributed by atoms with Gasteiger partial charge in [-0.25, -0.2) is 8.42 Å². The van der Waals surface area contributed by atoms with E-state index in [0.717, 1.165) is 4.47 Å². The van der Waals surface area contributed by atoms with Gasteiger partial charge in [0, 0.05) is 4.47 Å². The largest absolute Gasteiger partial charge is 0.481 e. The van der Waals surface area contributed by atoms with Crippen molar-refractivity contribution >= 4 is 37.6 Å². The van der Waals surface area contributed by atoms with Crippen molar-refractivity contribution in [3.8, 4) is 0 Å². The van der Waals surface area contributed by atoms with Gasteiger partial charge in [0.2, 0.25) is 5.91 Å². The van der Waals surface area contributed by atoms with Crippen LogP contribution in [0, 0.1) is 0 Å². The van der Waals surface area contributed by atoms with E-state index in [1.54, 1.807) is 24.3 Å². The molecule has 0 heterocycles. The Hall–Kier alpha value is -1.41. The minimum atomic E-state index is -3.53. The van der Waals surface area contributed by atoms with E-state index in [0.29, 0.717) is 5.56 Å². The third kappa shape index (κ3) is 5.76. The molecule has 0 bridgehead atoms. The van der Waals surface area contributed by atoms with E-state index in [4.69, 9.17) is 5.11 Å². The van der Waals surface area contributed by atoms with Crippen molar-refractivity contribution in [3.05, 3.63) is 34.3 Å². The number of carbonyl (C=O) groups is 2. The first-order chi connectivity index (χ1) is 10.1. The minimum Gasteiger partial charge on any atom is -0.481 e. The van der Waals surface area contributed by atoms with Gasteiger partial charge < -0.3 is 10.4 Å². The maximum Gasteiger partial charge on any atom is 0.305 e. The molecule has 0 saturated carbocycles. The second kappa shape index (κ2) is 7.73. The average Bonchev–Trinajstić information content (AvgIpc) is 2.36. The Morgan fingerprint density at radius 3 is 2.45 bits per heavy atom. The highest BCUT2D eigenvalue weighted by molar-refractivity contribution is 9.10. The Kier molecular flexibility index (Phi) is 6.55. The molecule has 1 rings (SSSR count). The number of hydrogen-bond donors (Lipinski definition) is 2. The van der Waals surface area contributed by atoms with Gasteiger partial charge in [0.25, 0.3) is 0 Å². The molecule has 1 amide bonds. The summed E-state index contributed by atoms with van der Waals surface area (Å²) in [6.07, 6.45) is -0.329. The van der Waals surface area contributed by atoms with Crippen molar-refractivity contribution in [1.82, 2.24) is 5.32 Å². The van der Waals surface area contributed by atoms with E-state index < -0.39 is 38.8 Å². The van der Waals surface area contributed by atoms with Gasteiger partial charge in [-0.2, -0.15) is 0 Å². The summed E-state index contributed by atoms with van der Waals surface area (Å²) in [5.41, 5.74) is 0.590. The number of benzene rings is 1. The maximum atomic E-state index is 11.9. The fourth-order valence-corrected chi connectivity index (χ4v) is 2.93. The quantitative estimate of drug-likeness (QED) is 0.738. The monoisotopic (exact) mass is 391 g/mol. The van der Waals surface area contributed by atoms with Crippen LogP contribution in [0.5, 0.6) is 0 Å². The number of hydrogen-bond acceptors (Lipinski definition) is 4. The minimum absolute atomic E-state index is 0.329. The predicted molar refractivity (Wildman–Crippen MR) is 86.2 cm³/mol. The van der Waals surface area contributed by atoms with Crippen molar-refractivity contribution in [2.75, 3.05) is 5.75 Å². The van der Waals surface area contributed by atoms with Crippen LogP contribution in [0.15, 0.2) is 28.7 Å². The van der Waals surface area contributed by atoms with Crippen LogP contribution in [-0.2, 0) is 19.4 Å². The van der Waals surface area contributed by atoms with Crippen LogP contribution < -0.4 is 5.32 Å². The van der Waals surface area contributed by atoms with Crippen LogP contribution in [0.3, 0.4) is 0 Å². The SMILES string of the molecule is CC(C)S(=O)(=O)CC(=O)NC(CC(=O)O)c1cccc(Br)c1. The summed E-state index contributed by atoms with van der Waals surface area (Å²) < 4.78 is 24.2. The Morgan fingerprint density at radius 1 is 1.32 bits per heavy atom. The number of aliphatic carboxylic acids is 1. The molecule has 2 N–H and O–H groups in total. The molecular weight excluding hydrogens is 374 g/mol. The summed E-state index contributed by atoms with van der Waals surface area (Å²) in [6.45, 7) is 2.98. The summed E-state index contributed by atoms with van der Waals surface area (Å²) in [6, 6.07) is 6.06. The second-order valence-electron chi connectivity index (χ2n) is 5.13. The number of amides is 1. The van der Waals surface area contributed by atoms with E-state index in [1.807, 2.05) is 0 Å². The average molecular weight is 392 g/mol. The lowest BCUT2D eigenvalue weighted by Crippen LogP contribution is -2.36. The first kappa shape index (κ1) is 18.6. The molecule has 0 aliphatic rings. The van der Waals surface area contributed by atoms with Gasteiger partial charge in [-0.1, -0.05) is 28.1 Å². The molecular formula is C14H18BrNO5S. The number of halogens is 1. The van der Waals surface area contributed by atoms with E-state index in [1.165, 1.54) is 13.8 Å². The molecule has 0 radical (unpaired) electrons. The topological polar surface area (TPSA) is 101 Å². The van der Waals surface area contributed by atoms with Crippen LogP contribution in [0.4, 0.5) is 0 Å².